The fourth-order valence-corrected chi connectivity index (χ4v) is 5.97. The van der Waals surface area contributed by atoms with Crippen LogP contribution in [-0.2, 0) is 26.2 Å². The van der Waals surface area contributed by atoms with E-state index >= 15 is 0 Å². The van der Waals surface area contributed by atoms with E-state index in [9.17, 15) is 22.4 Å². The number of hydrogen-bond donors (Lipinski definition) is 1. The Hall–Kier alpha value is -3.83. The Morgan fingerprint density at radius 2 is 1.69 bits per heavy atom. The number of carbonyl (C=O) groups excluding carboxylic acids is 2. The molecule has 0 unspecified atom stereocenters. The Balaban J connectivity index is 1.72. The molecule has 0 radical (unpaired) electrons. The highest BCUT2D eigenvalue weighted by molar-refractivity contribution is 7.92. The number of ether oxygens (including phenoxy) is 2. The number of benzene rings is 3. The third-order valence-electron chi connectivity index (χ3n) is 6.91. The molecule has 2 atom stereocenters. The molecule has 4 rings (SSSR count). The molecule has 0 saturated heterocycles. The molecule has 42 heavy (non-hydrogen) atoms. The van der Waals surface area contributed by atoms with Crippen molar-refractivity contribution >= 4 is 39.1 Å². The van der Waals surface area contributed by atoms with Crippen LogP contribution in [0.15, 0.2) is 71.6 Å². The first-order chi connectivity index (χ1) is 20.0. The summed E-state index contributed by atoms with van der Waals surface area (Å²) in [5, 5.41) is 3.33. The van der Waals surface area contributed by atoms with Crippen molar-refractivity contribution in [3.05, 3.63) is 83.1 Å². The molecule has 12 heteroatoms. The lowest BCUT2D eigenvalue weighted by Gasteiger charge is -2.32. The fourth-order valence-electron chi connectivity index (χ4n) is 4.33. The fraction of sp³-hybridized carbons (Fsp3) is 0.333. The van der Waals surface area contributed by atoms with Crippen LogP contribution in [0.3, 0.4) is 0 Å². The summed E-state index contributed by atoms with van der Waals surface area (Å²) in [5.74, 6) is -0.946. The molecule has 0 aromatic heterocycles. The van der Waals surface area contributed by atoms with Gasteiger partial charge in [-0.3, -0.25) is 13.9 Å². The van der Waals surface area contributed by atoms with Crippen molar-refractivity contribution in [2.45, 2.75) is 50.7 Å². The van der Waals surface area contributed by atoms with E-state index in [-0.39, 0.29) is 41.4 Å². The predicted octanol–water partition coefficient (Wildman–Crippen LogP) is 4.78. The van der Waals surface area contributed by atoms with E-state index in [1.165, 1.54) is 35.2 Å². The third kappa shape index (κ3) is 7.32. The van der Waals surface area contributed by atoms with Crippen molar-refractivity contribution in [1.82, 2.24) is 10.2 Å². The van der Waals surface area contributed by atoms with Crippen LogP contribution in [0.25, 0.3) is 0 Å². The highest BCUT2D eigenvalue weighted by Gasteiger charge is 2.33. The summed E-state index contributed by atoms with van der Waals surface area (Å²) in [6.45, 7) is 5.28. The molecule has 1 N–H and O–H groups in total. The van der Waals surface area contributed by atoms with Gasteiger partial charge in [0.1, 0.15) is 31.6 Å². The van der Waals surface area contributed by atoms with Crippen molar-refractivity contribution in [3.63, 3.8) is 0 Å². The van der Waals surface area contributed by atoms with Crippen LogP contribution in [0.5, 0.6) is 11.5 Å². The molecule has 9 nitrogen and oxygen atoms in total. The van der Waals surface area contributed by atoms with E-state index in [1.54, 1.807) is 31.2 Å². The van der Waals surface area contributed by atoms with Gasteiger partial charge in [-0.25, -0.2) is 12.8 Å². The van der Waals surface area contributed by atoms with Crippen molar-refractivity contribution in [3.8, 4) is 11.5 Å². The summed E-state index contributed by atoms with van der Waals surface area (Å²) in [6.07, 6.45) is 0.687. The number of nitrogens with one attached hydrogen (secondary N) is 1. The van der Waals surface area contributed by atoms with Gasteiger partial charge in [-0.1, -0.05) is 30.7 Å². The highest BCUT2D eigenvalue weighted by atomic mass is 35.5. The van der Waals surface area contributed by atoms with Gasteiger partial charge in [0, 0.05) is 23.7 Å². The second-order valence-electron chi connectivity index (χ2n) is 9.94. The van der Waals surface area contributed by atoms with Crippen molar-refractivity contribution in [2.75, 3.05) is 24.1 Å². The Morgan fingerprint density at radius 1 is 1.00 bits per heavy atom. The van der Waals surface area contributed by atoms with Crippen LogP contribution in [0.2, 0.25) is 5.02 Å². The van der Waals surface area contributed by atoms with Gasteiger partial charge < -0.3 is 19.7 Å². The second kappa shape index (κ2) is 13.4. The number of sulfonamides is 1. The Kier molecular flexibility index (Phi) is 9.95. The van der Waals surface area contributed by atoms with Crippen LogP contribution in [-0.4, -0.2) is 57.0 Å². The number of carbonyl (C=O) groups is 2. The van der Waals surface area contributed by atoms with E-state index in [1.807, 2.05) is 13.8 Å². The van der Waals surface area contributed by atoms with Gasteiger partial charge >= 0.3 is 0 Å². The summed E-state index contributed by atoms with van der Waals surface area (Å²) < 4.78 is 53.8. The summed E-state index contributed by atoms with van der Waals surface area (Å²) in [5.41, 5.74) is 0.723. The average molecular weight is 618 g/mol. The molecule has 3 aromatic carbocycles. The average Bonchev–Trinajstić information content (AvgIpc) is 2.98. The molecule has 0 spiro atoms. The minimum absolute atomic E-state index is 0.00415. The third-order valence-corrected chi connectivity index (χ3v) is 8.91. The smallest absolute Gasteiger partial charge is 0.264 e. The van der Waals surface area contributed by atoms with E-state index < -0.39 is 34.3 Å². The summed E-state index contributed by atoms with van der Waals surface area (Å²) in [6, 6.07) is 14.7. The lowest BCUT2D eigenvalue weighted by molar-refractivity contribution is -0.139. The molecule has 3 aromatic rings. The van der Waals surface area contributed by atoms with Gasteiger partial charge in [-0.05, 0) is 74.4 Å². The summed E-state index contributed by atoms with van der Waals surface area (Å²) >= 11 is 6.17. The number of hydrogen-bond acceptors (Lipinski definition) is 6. The second-order valence-corrected chi connectivity index (χ2v) is 12.2. The van der Waals surface area contributed by atoms with Gasteiger partial charge in [-0.15, -0.1) is 0 Å². The number of fused-ring (bicyclic) bond motifs is 1. The van der Waals surface area contributed by atoms with Gasteiger partial charge in [0.25, 0.3) is 10.0 Å². The molecule has 1 heterocycles. The lowest BCUT2D eigenvalue weighted by Crippen LogP contribution is -2.52. The van der Waals surface area contributed by atoms with Gasteiger partial charge in [0.15, 0.2) is 11.5 Å². The Labute approximate surface area is 250 Å². The van der Waals surface area contributed by atoms with E-state index in [0.29, 0.717) is 29.4 Å². The maximum atomic E-state index is 14.0. The van der Waals surface area contributed by atoms with E-state index in [4.69, 9.17) is 21.1 Å². The molecular formula is C30H33ClFN3O6S. The van der Waals surface area contributed by atoms with Crippen LogP contribution in [0, 0.1) is 5.82 Å². The Morgan fingerprint density at radius 3 is 2.36 bits per heavy atom. The topological polar surface area (TPSA) is 105 Å². The molecule has 224 valence electrons. The molecule has 0 aliphatic carbocycles. The first kappa shape index (κ1) is 31.1. The molecule has 0 bridgehead atoms. The largest absolute Gasteiger partial charge is 0.486 e. The quantitative estimate of drug-likeness (QED) is 0.332. The minimum atomic E-state index is -4.37. The standard InChI is InChI=1S/C30H33ClFN3O6S/c1-4-20(2)33-30(37)21(3)34(18-22-6-5-7-23(31)16-22)29(36)19-35(25-10-8-24(32)9-11-25)42(38,39)26-12-13-27-28(17-26)41-15-14-40-27/h5-13,16-17,20-21H,4,14-15,18-19H2,1-3H3,(H,33,37)/t20-,21-/m0/s1. The minimum Gasteiger partial charge on any atom is -0.486 e. The molecule has 1 aliphatic heterocycles. The lowest BCUT2D eigenvalue weighted by atomic mass is 10.1. The predicted molar refractivity (Wildman–Crippen MR) is 158 cm³/mol. The van der Waals surface area contributed by atoms with Gasteiger partial charge in [0.2, 0.25) is 11.8 Å². The molecule has 0 saturated carbocycles. The summed E-state index contributed by atoms with van der Waals surface area (Å²) in [4.78, 5) is 28.3. The van der Waals surface area contributed by atoms with Crippen molar-refractivity contribution in [2.24, 2.45) is 0 Å². The number of amides is 2. The molecule has 0 fully saturated rings. The van der Waals surface area contributed by atoms with Crippen LogP contribution in [0.4, 0.5) is 10.1 Å². The van der Waals surface area contributed by atoms with Crippen LogP contribution >= 0.6 is 11.6 Å². The van der Waals surface area contributed by atoms with Crippen LogP contribution in [0.1, 0.15) is 32.8 Å². The zero-order chi connectivity index (χ0) is 30.4. The van der Waals surface area contributed by atoms with Gasteiger partial charge in [-0.2, -0.15) is 0 Å². The number of anilines is 1. The number of halogens is 2. The van der Waals surface area contributed by atoms with Gasteiger partial charge in [0.05, 0.1) is 10.6 Å². The first-order valence-corrected chi connectivity index (χ1v) is 15.3. The Bertz CT molecular complexity index is 1540. The molecular weight excluding hydrogens is 585 g/mol. The maximum Gasteiger partial charge on any atom is 0.264 e. The normalized spacial score (nSPS) is 14.0. The first-order valence-electron chi connectivity index (χ1n) is 13.5. The van der Waals surface area contributed by atoms with Crippen molar-refractivity contribution < 1.29 is 31.9 Å². The number of nitrogens with zero attached hydrogens (tertiary/aromatic N) is 2. The zero-order valence-electron chi connectivity index (χ0n) is 23.5. The molecule has 1 aliphatic rings. The monoisotopic (exact) mass is 617 g/mol. The SMILES string of the molecule is CC[C@H](C)NC(=O)[C@H](C)N(Cc1cccc(Cl)c1)C(=O)CN(c1ccc(F)cc1)S(=O)(=O)c1ccc2c(c1)OCCO2. The maximum absolute atomic E-state index is 14.0. The van der Waals surface area contributed by atoms with Crippen LogP contribution < -0.4 is 19.1 Å². The zero-order valence-corrected chi connectivity index (χ0v) is 25.1. The van der Waals surface area contributed by atoms with E-state index in [2.05, 4.69) is 5.32 Å². The van der Waals surface area contributed by atoms with E-state index in [0.717, 1.165) is 16.4 Å². The van der Waals surface area contributed by atoms with Crippen molar-refractivity contribution in [1.29, 1.82) is 0 Å². The number of rotatable bonds is 11. The molecule has 2 amide bonds. The summed E-state index contributed by atoms with van der Waals surface area (Å²) in [7, 11) is -4.37. The highest BCUT2D eigenvalue weighted by Crippen LogP contribution is 2.34.